The summed E-state index contributed by atoms with van der Waals surface area (Å²) < 4.78 is 1.26. The van der Waals surface area contributed by atoms with Gasteiger partial charge in [0.1, 0.15) is 0 Å². The van der Waals surface area contributed by atoms with Crippen molar-refractivity contribution in [3.63, 3.8) is 0 Å². The van der Waals surface area contributed by atoms with Gasteiger partial charge in [0.15, 0.2) is 0 Å². The second-order valence-electron chi connectivity index (χ2n) is 6.95. The van der Waals surface area contributed by atoms with Gasteiger partial charge >= 0.3 is 0 Å². The fraction of sp³-hybridized carbons (Fsp3) is 0.611. The zero-order valence-electron chi connectivity index (χ0n) is 13.4. The predicted molar refractivity (Wildman–Crippen MR) is 98.6 cm³/mol. The fourth-order valence-corrected chi connectivity index (χ4v) is 5.18. The first-order valence-electron chi connectivity index (χ1n) is 8.77. The molecular weight excluding hydrogens is 326 g/mol. The molecule has 0 amide bonds. The lowest BCUT2D eigenvalue weighted by molar-refractivity contribution is 0.169. The van der Waals surface area contributed by atoms with E-state index in [-0.39, 0.29) is 0 Å². The summed E-state index contributed by atoms with van der Waals surface area (Å²) in [6, 6.07) is 6.05. The molecule has 1 unspecified atom stereocenters. The lowest BCUT2D eigenvalue weighted by Crippen LogP contribution is -2.41. The summed E-state index contributed by atoms with van der Waals surface area (Å²) in [5.74, 6) is 1.48. The standard InChI is InChI=1S/C18H24ClN3S/c19-15-3-4-17-16(10-15)21-18(23-17)14-5-8-22(9-6-14)12-13-2-1-7-20-11-13/h3-4,10,13-14,20H,1-2,5-9,11-12H2. The molecule has 2 fully saturated rings. The van der Waals surface area contributed by atoms with Crippen LogP contribution in [0.5, 0.6) is 0 Å². The van der Waals surface area contributed by atoms with Gasteiger partial charge in [-0.25, -0.2) is 4.98 Å². The van der Waals surface area contributed by atoms with Crippen molar-refractivity contribution in [1.29, 1.82) is 0 Å². The van der Waals surface area contributed by atoms with Crippen LogP contribution in [0.2, 0.25) is 5.02 Å². The molecule has 1 aromatic heterocycles. The van der Waals surface area contributed by atoms with Gasteiger partial charge in [0.2, 0.25) is 0 Å². The molecule has 2 aliphatic heterocycles. The number of nitrogens with zero attached hydrogens (tertiary/aromatic N) is 2. The first-order chi connectivity index (χ1) is 11.3. The summed E-state index contributed by atoms with van der Waals surface area (Å²) in [6.07, 6.45) is 5.22. The molecular formula is C18H24ClN3S. The Bertz CT molecular complexity index is 657. The maximum absolute atomic E-state index is 6.08. The molecule has 4 rings (SSSR count). The molecule has 1 aromatic carbocycles. The molecule has 3 nitrogen and oxygen atoms in total. The van der Waals surface area contributed by atoms with Crippen molar-refractivity contribution >= 4 is 33.2 Å². The van der Waals surface area contributed by atoms with Gasteiger partial charge in [-0.15, -0.1) is 11.3 Å². The molecule has 3 heterocycles. The van der Waals surface area contributed by atoms with Crippen molar-refractivity contribution in [3.8, 4) is 0 Å². The Morgan fingerprint density at radius 3 is 2.91 bits per heavy atom. The quantitative estimate of drug-likeness (QED) is 0.903. The van der Waals surface area contributed by atoms with E-state index in [1.807, 2.05) is 23.5 Å². The average Bonchev–Trinajstić information content (AvgIpc) is 2.99. The average molecular weight is 350 g/mol. The zero-order chi connectivity index (χ0) is 15.6. The van der Waals surface area contributed by atoms with Crippen molar-refractivity contribution in [2.24, 2.45) is 5.92 Å². The Morgan fingerprint density at radius 2 is 2.13 bits per heavy atom. The van der Waals surface area contributed by atoms with Crippen LogP contribution in [0.1, 0.15) is 36.6 Å². The summed E-state index contributed by atoms with van der Waals surface area (Å²) >= 11 is 7.93. The second kappa shape index (κ2) is 7.06. The van der Waals surface area contributed by atoms with Crippen LogP contribution >= 0.6 is 22.9 Å². The number of thiazole rings is 1. The molecule has 124 valence electrons. The van der Waals surface area contributed by atoms with Gasteiger partial charge in [-0.2, -0.15) is 0 Å². The maximum atomic E-state index is 6.08. The largest absolute Gasteiger partial charge is 0.316 e. The highest BCUT2D eigenvalue weighted by Gasteiger charge is 2.25. The Kier molecular flexibility index (Phi) is 4.86. The number of aromatic nitrogens is 1. The topological polar surface area (TPSA) is 28.2 Å². The number of fused-ring (bicyclic) bond motifs is 1. The number of piperidine rings is 2. The Balaban J connectivity index is 1.36. The van der Waals surface area contributed by atoms with Crippen LogP contribution < -0.4 is 5.32 Å². The molecule has 0 saturated carbocycles. The molecule has 2 aliphatic rings. The van der Waals surface area contributed by atoms with Gasteiger partial charge in [-0.1, -0.05) is 11.6 Å². The minimum absolute atomic E-state index is 0.631. The van der Waals surface area contributed by atoms with Gasteiger partial charge in [0, 0.05) is 17.5 Å². The lowest BCUT2D eigenvalue weighted by Gasteiger charge is -2.34. The summed E-state index contributed by atoms with van der Waals surface area (Å²) in [4.78, 5) is 7.51. The third kappa shape index (κ3) is 3.71. The number of nitrogens with one attached hydrogen (secondary N) is 1. The number of hydrogen-bond acceptors (Lipinski definition) is 4. The highest BCUT2D eigenvalue weighted by atomic mass is 35.5. The van der Waals surface area contributed by atoms with Crippen molar-refractivity contribution in [1.82, 2.24) is 15.2 Å². The van der Waals surface area contributed by atoms with Gasteiger partial charge in [-0.05, 0) is 76.0 Å². The SMILES string of the molecule is Clc1ccc2sc(C3CCN(CC4CCCNC4)CC3)nc2c1. The highest BCUT2D eigenvalue weighted by molar-refractivity contribution is 7.18. The van der Waals surface area contributed by atoms with Gasteiger partial charge in [-0.3, -0.25) is 0 Å². The van der Waals surface area contributed by atoms with Crippen LogP contribution in [0.4, 0.5) is 0 Å². The van der Waals surface area contributed by atoms with E-state index in [1.54, 1.807) is 0 Å². The van der Waals surface area contributed by atoms with Crippen LogP contribution in [0.15, 0.2) is 18.2 Å². The van der Waals surface area contributed by atoms with Crippen LogP contribution in [0.25, 0.3) is 10.2 Å². The van der Waals surface area contributed by atoms with E-state index in [4.69, 9.17) is 16.6 Å². The molecule has 2 saturated heterocycles. The molecule has 2 aromatic rings. The first kappa shape index (κ1) is 15.8. The van der Waals surface area contributed by atoms with E-state index in [2.05, 4.69) is 16.3 Å². The smallest absolute Gasteiger partial charge is 0.0970 e. The van der Waals surface area contributed by atoms with Crippen LogP contribution in [0.3, 0.4) is 0 Å². The molecule has 0 radical (unpaired) electrons. The zero-order valence-corrected chi connectivity index (χ0v) is 15.0. The van der Waals surface area contributed by atoms with Crippen LogP contribution in [0, 0.1) is 5.92 Å². The van der Waals surface area contributed by atoms with E-state index in [0.29, 0.717) is 5.92 Å². The Morgan fingerprint density at radius 1 is 1.26 bits per heavy atom. The van der Waals surface area contributed by atoms with Crippen molar-refractivity contribution < 1.29 is 0 Å². The summed E-state index contributed by atoms with van der Waals surface area (Å²) in [5, 5.41) is 5.62. The molecule has 0 aliphatic carbocycles. The molecule has 5 heteroatoms. The minimum atomic E-state index is 0.631. The predicted octanol–water partition coefficient (Wildman–Crippen LogP) is 4.13. The first-order valence-corrected chi connectivity index (χ1v) is 9.96. The van der Waals surface area contributed by atoms with E-state index < -0.39 is 0 Å². The normalized spacial score (nSPS) is 24.3. The lowest BCUT2D eigenvalue weighted by atomic mass is 9.94. The Hall–Kier alpha value is -0.680. The maximum Gasteiger partial charge on any atom is 0.0970 e. The van der Waals surface area contributed by atoms with E-state index in [1.165, 1.54) is 68.1 Å². The fourth-order valence-electron chi connectivity index (χ4n) is 3.90. The summed E-state index contributed by atoms with van der Waals surface area (Å²) in [5.41, 5.74) is 1.06. The summed E-state index contributed by atoms with van der Waals surface area (Å²) in [7, 11) is 0. The van der Waals surface area contributed by atoms with Crippen molar-refractivity contribution in [2.45, 2.75) is 31.6 Å². The van der Waals surface area contributed by atoms with E-state index in [0.717, 1.165) is 16.5 Å². The van der Waals surface area contributed by atoms with Gasteiger partial charge in [0.25, 0.3) is 0 Å². The van der Waals surface area contributed by atoms with Crippen molar-refractivity contribution in [3.05, 3.63) is 28.2 Å². The third-order valence-electron chi connectivity index (χ3n) is 5.22. The molecule has 0 bridgehead atoms. The number of rotatable bonds is 3. The van der Waals surface area contributed by atoms with Crippen LogP contribution in [-0.2, 0) is 0 Å². The third-order valence-corrected chi connectivity index (χ3v) is 6.65. The molecule has 1 atom stereocenters. The summed E-state index contributed by atoms with van der Waals surface area (Å²) in [6.45, 7) is 6.13. The number of benzene rings is 1. The Labute approximate surface area is 147 Å². The molecule has 1 N–H and O–H groups in total. The van der Waals surface area contributed by atoms with Crippen LogP contribution in [-0.4, -0.2) is 42.6 Å². The highest BCUT2D eigenvalue weighted by Crippen LogP contribution is 2.34. The van der Waals surface area contributed by atoms with E-state index in [9.17, 15) is 0 Å². The second-order valence-corrected chi connectivity index (χ2v) is 8.45. The number of likely N-dealkylation sites (tertiary alicyclic amines) is 1. The molecule has 23 heavy (non-hydrogen) atoms. The van der Waals surface area contributed by atoms with E-state index >= 15 is 0 Å². The van der Waals surface area contributed by atoms with Crippen molar-refractivity contribution in [2.75, 3.05) is 32.7 Å². The molecule has 0 spiro atoms. The number of halogens is 1. The minimum Gasteiger partial charge on any atom is -0.316 e. The van der Waals surface area contributed by atoms with Gasteiger partial charge < -0.3 is 10.2 Å². The monoisotopic (exact) mass is 349 g/mol. The van der Waals surface area contributed by atoms with Gasteiger partial charge in [0.05, 0.1) is 15.2 Å². The number of hydrogen-bond donors (Lipinski definition) is 1.